The standard InChI is InChI=1S/C17H27NO3Si/c1-5-20-17(19)15-12-14(13-8-10-18-11-9-13)6-7-16(15)21-22(2,3)4/h6-7,12-13,18H,5,8-11H2,1-4H3. The summed E-state index contributed by atoms with van der Waals surface area (Å²) in [6.45, 7) is 10.6. The van der Waals surface area contributed by atoms with Crippen molar-refractivity contribution in [3.63, 3.8) is 0 Å². The Morgan fingerprint density at radius 3 is 2.55 bits per heavy atom. The lowest BCUT2D eigenvalue weighted by Crippen LogP contribution is -2.30. The molecule has 0 atom stereocenters. The molecule has 0 aromatic heterocycles. The van der Waals surface area contributed by atoms with Crippen LogP contribution in [0.3, 0.4) is 0 Å². The van der Waals surface area contributed by atoms with Gasteiger partial charge in [-0.3, -0.25) is 0 Å². The summed E-state index contributed by atoms with van der Waals surface area (Å²) in [5.41, 5.74) is 1.78. The first-order valence-electron chi connectivity index (χ1n) is 8.11. The summed E-state index contributed by atoms with van der Waals surface area (Å²) in [6, 6.07) is 6.03. The van der Waals surface area contributed by atoms with Crippen molar-refractivity contribution in [3.05, 3.63) is 29.3 Å². The third kappa shape index (κ3) is 4.58. The number of piperidine rings is 1. The number of carbonyl (C=O) groups excluding carboxylic acids is 1. The van der Waals surface area contributed by atoms with E-state index in [0.717, 1.165) is 25.9 Å². The zero-order valence-corrected chi connectivity index (χ0v) is 15.1. The molecule has 2 rings (SSSR count). The zero-order valence-electron chi connectivity index (χ0n) is 14.1. The van der Waals surface area contributed by atoms with E-state index in [1.54, 1.807) is 0 Å². The lowest BCUT2D eigenvalue weighted by molar-refractivity contribution is 0.0524. The third-order valence-electron chi connectivity index (χ3n) is 3.73. The molecule has 1 heterocycles. The molecule has 0 unspecified atom stereocenters. The van der Waals surface area contributed by atoms with Crippen LogP contribution >= 0.6 is 0 Å². The van der Waals surface area contributed by atoms with E-state index in [2.05, 4.69) is 31.0 Å². The predicted molar refractivity (Wildman–Crippen MR) is 91.2 cm³/mol. The number of carbonyl (C=O) groups is 1. The molecule has 0 radical (unpaired) electrons. The van der Waals surface area contributed by atoms with E-state index in [1.165, 1.54) is 5.56 Å². The van der Waals surface area contributed by atoms with Crippen LogP contribution in [0.1, 0.15) is 41.6 Å². The van der Waals surface area contributed by atoms with Crippen LogP contribution in [-0.4, -0.2) is 34.0 Å². The number of rotatable bonds is 5. The van der Waals surface area contributed by atoms with Gasteiger partial charge in [0.25, 0.3) is 0 Å². The third-order valence-corrected chi connectivity index (χ3v) is 4.56. The molecule has 1 N–H and O–H groups in total. The van der Waals surface area contributed by atoms with Gasteiger partial charge in [-0.15, -0.1) is 0 Å². The minimum Gasteiger partial charge on any atom is -0.544 e. The first-order chi connectivity index (χ1) is 10.4. The van der Waals surface area contributed by atoms with Crippen molar-refractivity contribution in [2.75, 3.05) is 19.7 Å². The highest BCUT2D eigenvalue weighted by Gasteiger charge is 2.24. The van der Waals surface area contributed by atoms with E-state index in [1.807, 2.05) is 19.1 Å². The number of hydrogen-bond acceptors (Lipinski definition) is 4. The first-order valence-corrected chi connectivity index (χ1v) is 11.5. The van der Waals surface area contributed by atoms with Gasteiger partial charge < -0.3 is 14.5 Å². The van der Waals surface area contributed by atoms with Gasteiger partial charge in [0.1, 0.15) is 11.3 Å². The fourth-order valence-electron chi connectivity index (χ4n) is 2.74. The van der Waals surface area contributed by atoms with E-state index >= 15 is 0 Å². The molecule has 1 aliphatic heterocycles. The Morgan fingerprint density at radius 1 is 1.27 bits per heavy atom. The van der Waals surface area contributed by atoms with E-state index < -0.39 is 8.32 Å². The molecule has 4 nitrogen and oxygen atoms in total. The molecule has 1 saturated heterocycles. The fourth-order valence-corrected chi connectivity index (χ4v) is 3.58. The number of ether oxygens (including phenoxy) is 1. The lowest BCUT2D eigenvalue weighted by atomic mass is 9.89. The fraction of sp³-hybridized carbons (Fsp3) is 0.588. The van der Waals surface area contributed by atoms with Crippen LogP contribution in [0.2, 0.25) is 19.6 Å². The minimum absolute atomic E-state index is 0.286. The molecular formula is C17H27NO3Si. The van der Waals surface area contributed by atoms with Gasteiger partial charge in [0.05, 0.1) is 6.61 Å². The van der Waals surface area contributed by atoms with E-state index in [0.29, 0.717) is 23.8 Å². The van der Waals surface area contributed by atoms with Crippen molar-refractivity contribution in [1.82, 2.24) is 5.32 Å². The minimum atomic E-state index is -1.77. The Hall–Kier alpha value is -1.33. The summed E-state index contributed by atoms with van der Waals surface area (Å²) in [5, 5.41) is 3.37. The maximum absolute atomic E-state index is 12.3. The Kier molecular flexibility index (Phi) is 5.64. The Balaban J connectivity index is 2.31. The molecule has 5 heteroatoms. The van der Waals surface area contributed by atoms with Crippen molar-refractivity contribution >= 4 is 14.3 Å². The average Bonchev–Trinajstić information content (AvgIpc) is 2.47. The monoisotopic (exact) mass is 321 g/mol. The Labute approximate surface area is 134 Å². The number of hydrogen-bond donors (Lipinski definition) is 1. The largest absolute Gasteiger partial charge is 0.544 e. The van der Waals surface area contributed by atoms with Crippen LogP contribution in [-0.2, 0) is 4.74 Å². The van der Waals surface area contributed by atoms with Gasteiger partial charge in [0, 0.05) is 0 Å². The van der Waals surface area contributed by atoms with Crippen LogP contribution in [0.25, 0.3) is 0 Å². The molecule has 0 amide bonds. The summed E-state index contributed by atoms with van der Waals surface area (Å²) >= 11 is 0. The van der Waals surface area contributed by atoms with Gasteiger partial charge in [-0.2, -0.15) is 0 Å². The van der Waals surface area contributed by atoms with Gasteiger partial charge in [-0.1, -0.05) is 6.07 Å². The molecule has 0 bridgehead atoms. The van der Waals surface area contributed by atoms with E-state index in [4.69, 9.17) is 9.16 Å². The lowest BCUT2D eigenvalue weighted by Gasteiger charge is -2.25. The van der Waals surface area contributed by atoms with E-state index in [-0.39, 0.29) is 5.97 Å². The molecule has 1 aromatic rings. The quantitative estimate of drug-likeness (QED) is 0.665. The maximum Gasteiger partial charge on any atom is 0.341 e. The summed E-state index contributed by atoms with van der Waals surface area (Å²) in [6.07, 6.45) is 2.22. The predicted octanol–water partition coefficient (Wildman–Crippen LogP) is 3.54. The molecule has 122 valence electrons. The molecule has 1 fully saturated rings. The van der Waals surface area contributed by atoms with Crippen molar-refractivity contribution in [2.24, 2.45) is 0 Å². The number of esters is 1. The summed E-state index contributed by atoms with van der Waals surface area (Å²) in [7, 11) is -1.77. The van der Waals surface area contributed by atoms with Crippen molar-refractivity contribution in [1.29, 1.82) is 0 Å². The highest BCUT2D eigenvalue weighted by atomic mass is 28.4. The first kappa shape index (κ1) is 17.0. The van der Waals surface area contributed by atoms with Gasteiger partial charge in [0.15, 0.2) is 0 Å². The molecule has 0 aliphatic carbocycles. The van der Waals surface area contributed by atoms with Crippen LogP contribution in [0.15, 0.2) is 18.2 Å². The number of nitrogens with one attached hydrogen (secondary N) is 1. The Bertz CT molecular complexity index is 519. The topological polar surface area (TPSA) is 47.6 Å². The molecular weight excluding hydrogens is 294 g/mol. The molecule has 1 aromatic carbocycles. The zero-order chi connectivity index (χ0) is 16.2. The van der Waals surface area contributed by atoms with E-state index in [9.17, 15) is 4.79 Å². The van der Waals surface area contributed by atoms with Crippen molar-refractivity contribution in [2.45, 2.75) is 45.3 Å². The highest BCUT2D eigenvalue weighted by molar-refractivity contribution is 6.70. The summed E-state index contributed by atoms with van der Waals surface area (Å²) in [5.74, 6) is 0.886. The second-order valence-electron chi connectivity index (χ2n) is 6.71. The van der Waals surface area contributed by atoms with Crippen LogP contribution in [0, 0.1) is 0 Å². The van der Waals surface area contributed by atoms with Gasteiger partial charge >= 0.3 is 5.97 Å². The van der Waals surface area contributed by atoms with Gasteiger partial charge in [-0.25, -0.2) is 4.79 Å². The Morgan fingerprint density at radius 2 is 1.95 bits per heavy atom. The van der Waals surface area contributed by atoms with Crippen LogP contribution in [0.5, 0.6) is 5.75 Å². The SMILES string of the molecule is CCOC(=O)c1cc(C2CCNCC2)ccc1O[Si](C)(C)C. The molecule has 0 spiro atoms. The molecule has 0 saturated carbocycles. The smallest absolute Gasteiger partial charge is 0.341 e. The highest BCUT2D eigenvalue weighted by Crippen LogP contribution is 2.31. The van der Waals surface area contributed by atoms with Crippen molar-refractivity contribution < 1.29 is 14.0 Å². The van der Waals surface area contributed by atoms with Gasteiger partial charge in [-0.05, 0) is 76.1 Å². The summed E-state index contributed by atoms with van der Waals surface area (Å²) in [4.78, 5) is 12.3. The number of benzene rings is 1. The van der Waals surface area contributed by atoms with Crippen molar-refractivity contribution in [3.8, 4) is 5.75 Å². The molecule has 1 aliphatic rings. The second-order valence-corrected chi connectivity index (χ2v) is 11.1. The van der Waals surface area contributed by atoms with Crippen LogP contribution < -0.4 is 9.74 Å². The van der Waals surface area contributed by atoms with Crippen LogP contribution in [0.4, 0.5) is 0 Å². The normalized spacial score (nSPS) is 16.4. The second kappa shape index (κ2) is 7.29. The maximum atomic E-state index is 12.3. The average molecular weight is 321 g/mol. The summed E-state index contributed by atoms with van der Waals surface area (Å²) < 4.78 is 11.3. The van der Waals surface area contributed by atoms with Gasteiger partial charge in [0.2, 0.25) is 8.32 Å². The molecule has 22 heavy (non-hydrogen) atoms.